The molecule has 0 radical (unpaired) electrons. The number of methoxy groups -OCH3 is 1. The van der Waals surface area contributed by atoms with Gasteiger partial charge in [-0.2, -0.15) is 0 Å². The van der Waals surface area contributed by atoms with Crippen molar-refractivity contribution >= 4 is 0 Å². The zero-order valence-corrected chi connectivity index (χ0v) is 11.3. The number of hydrogen-bond donors (Lipinski definition) is 1. The molecule has 0 heterocycles. The Morgan fingerprint density at radius 2 is 2.12 bits per heavy atom. The molecule has 2 unspecified atom stereocenters. The van der Waals surface area contributed by atoms with Gasteiger partial charge in [0.15, 0.2) is 0 Å². The fourth-order valence-corrected chi connectivity index (χ4v) is 2.19. The Bertz CT molecular complexity index is 381. The molecule has 1 aliphatic carbocycles. The van der Waals surface area contributed by atoms with Crippen molar-refractivity contribution in [2.45, 2.75) is 38.6 Å². The summed E-state index contributed by atoms with van der Waals surface area (Å²) in [6.45, 7) is 7.77. The van der Waals surface area contributed by atoms with Crippen molar-refractivity contribution in [3.8, 4) is 5.75 Å². The molecule has 2 nitrogen and oxygen atoms in total. The van der Waals surface area contributed by atoms with Crippen LogP contribution in [0, 0.1) is 5.92 Å². The minimum Gasteiger partial charge on any atom is -0.497 e. The summed E-state index contributed by atoms with van der Waals surface area (Å²) in [6.07, 6.45) is 1.30. The molecule has 1 aromatic rings. The van der Waals surface area contributed by atoms with Gasteiger partial charge in [0.2, 0.25) is 0 Å². The Kier molecular flexibility index (Phi) is 3.43. The second kappa shape index (κ2) is 4.69. The van der Waals surface area contributed by atoms with Crippen LogP contribution in [-0.2, 0) is 0 Å². The fraction of sp³-hybridized carbons (Fsp3) is 0.600. The van der Waals surface area contributed by atoms with Gasteiger partial charge in [-0.25, -0.2) is 0 Å². The Morgan fingerprint density at radius 1 is 1.35 bits per heavy atom. The van der Waals surface area contributed by atoms with E-state index in [0.717, 1.165) is 24.1 Å². The van der Waals surface area contributed by atoms with Crippen LogP contribution in [0.2, 0.25) is 0 Å². The number of ether oxygens (including phenoxy) is 1. The third-order valence-electron chi connectivity index (χ3n) is 3.34. The summed E-state index contributed by atoms with van der Waals surface area (Å²) < 4.78 is 5.27. The van der Waals surface area contributed by atoms with E-state index in [1.807, 2.05) is 6.07 Å². The molecule has 0 aliphatic heterocycles. The molecule has 1 aliphatic rings. The van der Waals surface area contributed by atoms with E-state index in [1.54, 1.807) is 7.11 Å². The van der Waals surface area contributed by atoms with Gasteiger partial charge in [-0.3, -0.25) is 0 Å². The molecule has 94 valence electrons. The summed E-state index contributed by atoms with van der Waals surface area (Å²) in [4.78, 5) is 0. The maximum absolute atomic E-state index is 5.27. The molecule has 0 bridgehead atoms. The topological polar surface area (TPSA) is 21.3 Å². The normalized spacial score (nSPS) is 23.5. The summed E-state index contributed by atoms with van der Waals surface area (Å²) in [5.74, 6) is 2.48. The molecule has 2 rings (SSSR count). The lowest BCUT2D eigenvalue weighted by Gasteiger charge is -2.20. The molecule has 1 N–H and O–H groups in total. The van der Waals surface area contributed by atoms with E-state index in [4.69, 9.17) is 4.74 Å². The number of rotatable bonds is 4. The summed E-state index contributed by atoms with van der Waals surface area (Å²) in [5, 5.41) is 3.58. The number of nitrogens with one attached hydrogen (secondary N) is 1. The van der Waals surface area contributed by atoms with E-state index >= 15 is 0 Å². The van der Waals surface area contributed by atoms with Crippen LogP contribution in [0.5, 0.6) is 5.75 Å². The highest BCUT2D eigenvalue weighted by molar-refractivity contribution is 5.34. The van der Waals surface area contributed by atoms with Crippen molar-refractivity contribution in [1.29, 1.82) is 0 Å². The smallest absolute Gasteiger partial charge is 0.119 e. The lowest BCUT2D eigenvalue weighted by atomic mass is 10.1. The molecule has 0 saturated heterocycles. The minimum atomic E-state index is 0.224. The van der Waals surface area contributed by atoms with Crippen LogP contribution in [0.1, 0.15) is 38.7 Å². The average molecular weight is 233 g/mol. The molecule has 1 aromatic carbocycles. The summed E-state index contributed by atoms with van der Waals surface area (Å²) in [5.41, 5.74) is 1.65. The van der Waals surface area contributed by atoms with Gasteiger partial charge >= 0.3 is 0 Å². The van der Waals surface area contributed by atoms with Gasteiger partial charge in [0.1, 0.15) is 5.75 Å². The SMILES string of the molecule is COc1cccc(C2CC2CNC(C)(C)C)c1. The van der Waals surface area contributed by atoms with Crippen LogP contribution >= 0.6 is 0 Å². The molecule has 0 spiro atoms. The van der Waals surface area contributed by atoms with E-state index in [1.165, 1.54) is 12.0 Å². The molecule has 1 fully saturated rings. The Balaban J connectivity index is 1.89. The van der Waals surface area contributed by atoms with Gasteiger partial charge in [0, 0.05) is 5.54 Å². The minimum absolute atomic E-state index is 0.224. The van der Waals surface area contributed by atoms with Gasteiger partial charge in [-0.15, -0.1) is 0 Å². The van der Waals surface area contributed by atoms with E-state index < -0.39 is 0 Å². The monoisotopic (exact) mass is 233 g/mol. The average Bonchev–Trinajstić information content (AvgIpc) is 3.05. The van der Waals surface area contributed by atoms with Gasteiger partial charge in [-0.1, -0.05) is 12.1 Å². The third-order valence-corrected chi connectivity index (χ3v) is 3.34. The van der Waals surface area contributed by atoms with Gasteiger partial charge in [0.25, 0.3) is 0 Å². The highest BCUT2D eigenvalue weighted by atomic mass is 16.5. The number of hydrogen-bond acceptors (Lipinski definition) is 2. The first-order valence-corrected chi connectivity index (χ1v) is 6.38. The molecular weight excluding hydrogens is 210 g/mol. The zero-order valence-electron chi connectivity index (χ0n) is 11.3. The predicted octanol–water partition coefficient (Wildman–Crippen LogP) is 3.19. The van der Waals surface area contributed by atoms with Gasteiger partial charge in [-0.05, 0) is 63.3 Å². The van der Waals surface area contributed by atoms with Crippen LogP contribution in [0.15, 0.2) is 24.3 Å². The highest BCUT2D eigenvalue weighted by Crippen LogP contribution is 2.47. The molecule has 1 saturated carbocycles. The van der Waals surface area contributed by atoms with Crippen LogP contribution in [0.4, 0.5) is 0 Å². The zero-order chi connectivity index (χ0) is 12.5. The van der Waals surface area contributed by atoms with E-state index in [9.17, 15) is 0 Å². The van der Waals surface area contributed by atoms with Gasteiger partial charge < -0.3 is 10.1 Å². The van der Waals surface area contributed by atoms with Crippen LogP contribution in [0.25, 0.3) is 0 Å². The first-order chi connectivity index (χ1) is 7.99. The fourth-order valence-electron chi connectivity index (χ4n) is 2.19. The van der Waals surface area contributed by atoms with Crippen LogP contribution in [-0.4, -0.2) is 19.2 Å². The van der Waals surface area contributed by atoms with Crippen LogP contribution in [0.3, 0.4) is 0 Å². The summed E-state index contributed by atoms with van der Waals surface area (Å²) >= 11 is 0. The van der Waals surface area contributed by atoms with E-state index in [0.29, 0.717) is 0 Å². The van der Waals surface area contributed by atoms with Crippen molar-refractivity contribution < 1.29 is 4.74 Å². The first-order valence-electron chi connectivity index (χ1n) is 6.38. The highest BCUT2D eigenvalue weighted by Gasteiger charge is 2.38. The largest absolute Gasteiger partial charge is 0.497 e. The van der Waals surface area contributed by atoms with Crippen molar-refractivity contribution in [3.05, 3.63) is 29.8 Å². The standard InChI is InChI=1S/C15H23NO/c1-15(2,3)16-10-12-9-14(12)11-6-5-7-13(8-11)17-4/h5-8,12,14,16H,9-10H2,1-4H3. The molecular formula is C15H23NO. The molecule has 0 amide bonds. The summed E-state index contributed by atoms with van der Waals surface area (Å²) in [7, 11) is 1.73. The first kappa shape index (κ1) is 12.4. The third kappa shape index (κ3) is 3.47. The lowest BCUT2D eigenvalue weighted by Crippen LogP contribution is -2.37. The molecule has 2 heteroatoms. The second-order valence-electron chi connectivity index (χ2n) is 6.01. The van der Waals surface area contributed by atoms with Crippen LogP contribution < -0.4 is 10.1 Å². The van der Waals surface area contributed by atoms with Crippen molar-refractivity contribution in [3.63, 3.8) is 0 Å². The summed E-state index contributed by atoms with van der Waals surface area (Å²) in [6, 6.07) is 8.47. The maximum Gasteiger partial charge on any atom is 0.119 e. The van der Waals surface area contributed by atoms with Crippen molar-refractivity contribution in [1.82, 2.24) is 5.32 Å². The quantitative estimate of drug-likeness (QED) is 0.862. The van der Waals surface area contributed by atoms with E-state index in [-0.39, 0.29) is 5.54 Å². The maximum atomic E-state index is 5.27. The molecule has 17 heavy (non-hydrogen) atoms. The Hall–Kier alpha value is -1.02. The molecule has 2 atom stereocenters. The lowest BCUT2D eigenvalue weighted by molar-refractivity contribution is 0.411. The predicted molar refractivity (Wildman–Crippen MR) is 71.6 cm³/mol. The second-order valence-corrected chi connectivity index (χ2v) is 6.01. The van der Waals surface area contributed by atoms with Gasteiger partial charge in [0.05, 0.1) is 7.11 Å². The van der Waals surface area contributed by atoms with Crippen molar-refractivity contribution in [2.24, 2.45) is 5.92 Å². The molecule has 0 aromatic heterocycles. The van der Waals surface area contributed by atoms with E-state index in [2.05, 4.69) is 44.3 Å². The Labute approximate surface area is 104 Å². The van der Waals surface area contributed by atoms with Crippen molar-refractivity contribution in [2.75, 3.05) is 13.7 Å². The Morgan fingerprint density at radius 3 is 2.76 bits per heavy atom. The number of benzene rings is 1.